The van der Waals surface area contributed by atoms with Crippen LogP contribution in [0.5, 0.6) is 0 Å². The van der Waals surface area contributed by atoms with Crippen molar-refractivity contribution in [2.24, 2.45) is 0 Å². The molecule has 1 aromatic heterocycles. The van der Waals surface area contributed by atoms with E-state index < -0.39 is 0 Å². The Kier molecular flexibility index (Phi) is 10.9. The summed E-state index contributed by atoms with van der Waals surface area (Å²) in [6, 6.07) is 80.9. The lowest BCUT2D eigenvalue weighted by molar-refractivity contribution is 0.427. The van der Waals surface area contributed by atoms with E-state index in [0.717, 1.165) is 46.4 Å². The molecule has 2 unspecified atom stereocenters. The smallest absolute Gasteiger partial charge is 0.141 e. The molecular formula is C71H54N2. The van der Waals surface area contributed by atoms with Gasteiger partial charge in [-0.15, -0.1) is 0 Å². The van der Waals surface area contributed by atoms with Gasteiger partial charge in [-0.05, 0) is 156 Å². The summed E-state index contributed by atoms with van der Waals surface area (Å²) in [7, 11) is 0. The third-order valence-corrected chi connectivity index (χ3v) is 15.5. The van der Waals surface area contributed by atoms with Crippen molar-refractivity contribution in [3.05, 3.63) is 273 Å². The van der Waals surface area contributed by atoms with Crippen molar-refractivity contribution in [3.8, 4) is 78.1 Å². The number of hydrogen-bond donors (Lipinski definition) is 0. The predicted octanol–water partition coefficient (Wildman–Crippen LogP) is 19.0. The zero-order chi connectivity index (χ0) is 48.9. The summed E-state index contributed by atoms with van der Waals surface area (Å²) >= 11 is 0. The van der Waals surface area contributed by atoms with E-state index in [2.05, 4.69) is 285 Å². The number of imidazole rings is 1. The van der Waals surface area contributed by atoms with Crippen LogP contribution in [0.1, 0.15) is 32.3 Å². The fourth-order valence-electron chi connectivity index (χ4n) is 11.6. The number of rotatable bonds is 9. The van der Waals surface area contributed by atoms with Crippen molar-refractivity contribution in [2.75, 3.05) is 0 Å². The van der Waals surface area contributed by atoms with Crippen LogP contribution in [0, 0.1) is 0 Å². The molecule has 73 heavy (non-hydrogen) atoms. The second kappa shape index (κ2) is 18.1. The Labute approximate surface area is 428 Å². The van der Waals surface area contributed by atoms with Gasteiger partial charge in [-0.3, -0.25) is 0 Å². The van der Waals surface area contributed by atoms with E-state index in [0.29, 0.717) is 0 Å². The zero-order valence-electron chi connectivity index (χ0n) is 41.2. The summed E-state index contributed by atoms with van der Waals surface area (Å²) in [6.07, 6.45) is 19.8. The normalized spacial score (nSPS) is 17.2. The minimum atomic E-state index is -0.241. The van der Waals surface area contributed by atoms with Crippen LogP contribution in [0.25, 0.3) is 111 Å². The van der Waals surface area contributed by atoms with Gasteiger partial charge in [-0.1, -0.05) is 231 Å². The first kappa shape index (κ1) is 44.1. The van der Waals surface area contributed by atoms with Gasteiger partial charge in [0.25, 0.3) is 0 Å². The van der Waals surface area contributed by atoms with Gasteiger partial charge in [0, 0.05) is 11.0 Å². The summed E-state index contributed by atoms with van der Waals surface area (Å²) in [5.41, 5.74) is 18.5. The van der Waals surface area contributed by atoms with E-state index in [9.17, 15) is 0 Å². The molecule has 2 atom stereocenters. The van der Waals surface area contributed by atoms with E-state index in [1.54, 1.807) is 0 Å². The van der Waals surface area contributed by atoms with Crippen molar-refractivity contribution in [1.29, 1.82) is 0 Å². The highest BCUT2D eigenvalue weighted by molar-refractivity contribution is 6.22. The van der Waals surface area contributed by atoms with Gasteiger partial charge < -0.3 is 4.57 Å². The Morgan fingerprint density at radius 1 is 0.356 bits per heavy atom. The Hall–Kier alpha value is -8.85. The van der Waals surface area contributed by atoms with Crippen LogP contribution in [0.2, 0.25) is 0 Å². The van der Waals surface area contributed by atoms with Crippen molar-refractivity contribution >= 4 is 32.6 Å². The highest BCUT2D eigenvalue weighted by Gasteiger charge is 2.30. The van der Waals surface area contributed by atoms with E-state index >= 15 is 0 Å². The molecule has 0 N–H and O–H groups in total. The Morgan fingerprint density at radius 2 is 0.822 bits per heavy atom. The molecule has 0 saturated heterocycles. The van der Waals surface area contributed by atoms with Crippen molar-refractivity contribution in [3.63, 3.8) is 0 Å². The van der Waals surface area contributed by atoms with Crippen LogP contribution >= 0.6 is 0 Å². The van der Waals surface area contributed by atoms with Crippen LogP contribution in [-0.2, 0) is 11.0 Å². The number of aromatic nitrogens is 2. The molecule has 0 aliphatic heterocycles. The number of fused-ring (bicyclic) bond motifs is 3. The van der Waals surface area contributed by atoms with Crippen LogP contribution in [0.3, 0.4) is 0 Å². The van der Waals surface area contributed by atoms with E-state index in [1.165, 1.54) is 82.7 Å². The minimum absolute atomic E-state index is 0.156. The van der Waals surface area contributed by atoms with Crippen LogP contribution < -0.4 is 0 Å². The van der Waals surface area contributed by atoms with Crippen LogP contribution in [0.4, 0.5) is 0 Å². The number of benzene rings is 10. The second-order valence-electron chi connectivity index (χ2n) is 20.3. The van der Waals surface area contributed by atoms with E-state index in [1.807, 2.05) is 0 Å². The second-order valence-corrected chi connectivity index (χ2v) is 20.3. The van der Waals surface area contributed by atoms with Gasteiger partial charge in [0.15, 0.2) is 0 Å². The number of para-hydroxylation sites is 2. The number of allylic oxidation sites excluding steroid dienone is 8. The first-order valence-electron chi connectivity index (χ1n) is 25.6. The van der Waals surface area contributed by atoms with E-state index in [-0.39, 0.29) is 11.0 Å². The highest BCUT2D eigenvalue weighted by Crippen LogP contribution is 2.48. The number of nitrogens with zero attached hydrogens (tertiary/aromatic N) is 2. The van der Waals surface area contributed by atoms with Crippen LogP contribution in [-0.4, -0.2) is 9.55 Å². The fraction of sp³-hybridized carbons (Fsp3) is 0.0845. The van der Waals surface area contributed by atoms with Gasteiger partial charge in [0.05, 0.1) is 16.6 Å². The Morgan fingerprint density at radius 3 is 1.42 bits per heavy atom. The van der Waals surface area contributed by atoms with Gasteiger partial charge in [-0.25, -0.2) is 4.98 Å². The molecule has 2 heteroatoms. The van der Waals surface area contributed by atoms with Gasteiger partial charge >= 0.3 is 0 Å². The summed E-state index contributed by atoms with van der Waals surface area (Å²) in [5, 5.41) is 4.88. The monoisotopic (exact) mass is 934 g/mol. The third-order valence-electron chi connectivity index (χ3n) is 15.5. The SMILES string of the molecule is CC1(c2cc(-c3ccccc3)cc(-c3c4ccccc4c(-c4cc(-c5ccccc5)cc(-c5ccccc5)c4)c4cc(-c5ccc(-c6nc7ccccc7n6C6(C)C=CC=CC6)cc5)ccc34)c2)C=CC=CC1. The molecule has 11 aromatic rings. The first-order chi connectivity index (χ1) is 35.9. The average Bonchev–Trinajstić information content (AvgIpc) is 3.86. The molecule has 0 fully saturated rings. The molecule has 0 amide bonds. The Bertz CT molecular complexity index is 3960. The number of hydrogen-bond acceptors (Lipinski definition) is 1. The van der Waals surface area contributed by atoms with E-state index in [4.69, 9.17) is 4.98 Å². The molecular weight excluding hydrogens is 881 g/mol. The zero-order valence-corrected chi connectivity index (χ0v) is 41.2. The van der Waals surface area contributed by atoms with Crippen molar-refractivity contribution < 1.29 is 0 Å². The first-order valence-corrected chi connectivity index (χ1v) is 25.6. The molecule has 0 saturated carbocycles. The highest BCUT2D eigenvalue weighted by atomic mass is 15.1. The lowest BCUT2D eigenvalue weighted by Crippen LogP contribution is -2.28. The molecule has 2 aliphatic carbocycles. The molecule has 1 heterocycles. The molecule has 13 rings (SSSR count). The molecule has 0 radical (unpaired) electrons. The van der Waals surface area contributed by atoms with Gasteiger partial charge in [0.2, 0.25) is 0 Å². The molecule has 348 valence electrons. The topological polar surface area (TPSA) is 17.8 Å². The molecule has 10 aromatic carbocycles. The quantitative estimate of drug-likeness (QED) is 0.132. The summed E-state index contributed by atoms with van der Waals surface area (Å²) < 4.78 is 2.43. The van der Waals surface area contributed by atoms with Crippen molar-refractivity contribution in [1.82, 2.24) is 9.55 Å². The maximum Gasteiger partial charge on any atom is 0.141 e. The molecule has 2 nitrogen and oxygen atoms in total. The molecule has 0 spiro atoms. The maximum absolute atomic E-state index is 5.28. The van der Waals surface area contributed by atoms with Crippen molar-refractivity contribution in [2.45, 2.75) is 37.6 Å². The summed E-state index contributed by atoms with van der Waals surface area (Å²) in [6.45, 7) is 4.69. The predicted molar refractivity (Wildman–Crippen MR) is 310 cm³/mol. The molecule has 2 aliphatic rings. The minimum Gasteiger partial charge on any atom is -0.314 e. The van der Waals surface area contributed by atoms with Gasteiger partial charge in [0.1, 0.15) is 5.82 Å². The largest absolute Gasteiger partial charge is 0.314 e. The third kappa shape index (κ3) is 7.97. The Balaban J connectivity index is 1.06. The standard InChI is InChI=1S/C71H54N2/c1-70(38-18-6-19-39-70)60-46-57(51-26-12-5-13-27-51)45-59(47-60)67-61-28-14-15-29-62(61)68(58-43-55(49-22-8-3-9-23-49)42-56(44-58)50-24-10-4-11-25-50)64-48-54(36-37-63(64)67)52-32-34-53(35-33-52)69-72-65-30-16-17-31-66(65)73(69)71(2)40-20-7-21-41-71/h3-38,40,42-48H,39,41H2,1-2H3. The lowest BCUT2D eigenvalue weighted by atomic mass is 9.75. The molecule has 0 bridgehead atoms. The summed E-state index contributed by atoms with van der Waals surface area (Å²) in [4.78, 5) is 5.28. The average molecular weight is 935 g/mol. The van der Waals surface area contributed by atoms with Gasteiger partial charge in [-0.2, -0.15) is 0 Å². The lowest BCUT2D eigenvalue weighted by Gasteiger charge is -2.31. The fourth-order valence-corrected chi connectivity index (χ4v) is 11.6. The van der Waals surface area contributed by atoms with Crippen LogP contribution in [0.15, 0.2) is 267 Å². The maximum atomic E-state index is 5.28. The summed E-state index contributed by atoms with van der Waals surface area (Å²) in [5.74, 6) is 0.977.